The van der Waals surface area contributed by atoms with E-state index in [-0.39, 0.29) is 12.1 Å². The van der Waals surface area contributed by atoms with Crippen LogP contribution in [0.5, 0.6) is 0 Å². The molecule has 1 rings (SSSR count). The van der Waals surface area contributed by atoms with Gasteiger partial charge in [-0.25, -0.2) is 8.42 Å². The van der Waals surface area contributed by atoms with Crippen molar-refractivity contribution in [3.63, 3.8) is 0 Å². The van der Waals surface area contributed by atoms with Crippen LogP contribution in [0.2, 0.25) is 0 Å². The van der Waals surface area contributed by atoms with Crippen molar-refractivity contribution in [2.45, 2.75) is 51.6 Å². The fourth-order valence-corrected chi connectivity index (χ4v) is 3.95. The van der Waals surface area contributed by atoms with Gasteiger partial charge in [-0.05, 0) is 45.0 Å². The lowest BCUT2D eigenvalue weighted by atomic mass is 10.1. The van der Waals surface area contributed by atoms with Crippen LogP contribution >= 0.6 is 0 Å². The van der Waals surface area contributed by atoms with E-state index >= 15 is 0 Å². The van der Waals surface area contributed by atoms with Crippen molar-refractivity contribution in [2.24, 2.45) is 0 Å². The lowest BCUT2D eigenvalue weighted by Crippen LogP contribution is -2.36. The molecule has 1 aromatic carbocycles. The van der Waals surface area contributed by atoms with Crippen molar-refractivity contribution >= 4 is 10.0 Å². The third-order valence-corrected chi connectivity index (χ3v) is 5.55. The molecule has 0 saturated carbocycles. The zero-order valence-corrected chi connectivity index (χ0v) is 13.9. The number of rotatable bonds is 7. The maximum Gasteiger partial charge on any atom is 0.243 e. The van der Waals surface area contributed by atoms with Gasteiger partial charge in [-0.15, -0.1) is 0 Å². The predicted molar refractivity (Wildman–Crippen MR) is 83.2 cm³/mol. The summed E-state index contributed by atoms with van der Waals surface area (Å²) in [4.78, 5) is 0.362. The first kappa shape index (κ1) is 17.1. The van der Waals surface area contributed by atoms with Crippen molar-refractivity contribution in [1.29, 1.82) is 0 Å². The molecule has 0 radical (unpaired) electrons. The quantitative estimate of drug-likeness (QED) is 0.842. The number of hydrogen-bond donors (Lipinski definition) is 1. The highest BCUT2D eigenvalue weighted by molar-refractivity contribution is 7.89. The smallest absolute Gasteiger partial charge is 0.243 e. The summed E-state index contributed by atoms with van der Waals surface area (Å²) < 4.78 is 26.6. The van der Waals surface area contributed by atoms with E-state index < -0.39 is 10.0 Å². The fraction of sp³-hybridized carbons (Fsp3) is 0.600. The van der Waals surface area contributed by atoms with Crippen LogP contribution in [0.15, 0.2) is 29.2 Å². The molecule has 0 heterocycles. The van der Waals surface area contributed by atoms with Crippen molar-refractivity contribution in [2.75, 3.05) is 13.1 Å². The molecule has 1 aromatic rings. The minimum absolute atomic E-state index is 0.0367. The van der Waals surface area contributed by atoms with E-state index in [1.54, 1.807) is 12.1 Å². The Labute approximate surface area is 123 Å². The van der Waals surface area contributed by atoms with Crippen LogP contribution in [0.25, 0.3) is 0 Å². The lowest BCUT2D eigenvalue weighted by molar-refractivity contribution is 0.369. The third kappa shape index (κ3) is 3.81. The summed E-state index contributed by atoms with van der Waals surface area (Å²) >= 11 is 0. The molecule has 20 heavy (non-hydrogen) atoms. The predicted octanol–water partition coefficient (Wildman–Crippen LogP) is 2.78. The molecule has 114 valence electrons. The van der Waals surface area contributed by atoms with Crippen LogP contribution in [0.4, 0.5) is 0 Å². The van der Waals surface area contributed by atoms with E-state index in [0.29, 0.717) is 11.4 Å². The van der Waals surface area contributed by atoms with Crippen molar-refractivity contribution in [3.05, 3.63) is 29.8 Å². The molecule has 0 amide bonds. The summed E-state index contributed by atoms with van der Waals surface area (Å²) in [7, 11) is -3.39. The highest BCUT2D eigenvalue weighted by atomic mass is 32.2. The van der Waals surface area contributed by atoms with Gasteiger partial charge in [0.2, 0.25) is 10.0 Å². The first-order valence-corrected chi connectivity index (χ1v) is 8.63. The van der Waals surface area contributed by atoms with Gasteiger partial charge in [0.25, 0.3) is 0 Å². The molecule has 0 aliphatic rings. The topological polar surface area (TPSA) is 49.4 Å². The number of nitrogens with one attached hydrogen (secondary N) is 1. The van der Waals surface area contributed by atoms with Gasteiger partial charge in [0.1, 0.15) is 0 Å². The number of sulfonamides is 1. The molecule has 0 aliphatic carbocycles. The first-order chi connectivity index (χ1) is 9.34. The van der Waals surface area contributed by atoms with Crippen molar-refractivity contribution in [3.8, 4) is 0 Å². The standard InChI is InChI=1S/C15H26N2O2S/c1-6-16-13(5)14-8-10-15(11-9-14)20(18,19)17(7-2)12(3)4/h8-13,16H,6-7H2,1-5H3. The monoisotopic (exact) mass is 298 g/mol. The summed E-state index contributed by atoms with van der Waals surface area (Å²) in [5, 5.41) is 3.31. The Balaban J connectivity index is 3.03. The summed E-state index contributed by atoms with van der Waals surface area (Å²) in [5.74, 6) is 0. The summed E-state index contributed by atoms with van der Waals surface area (Å²) in [6, 6.07) is 7.35. The molecule has 0 aromatic heterocycles. The molecule has 0 bridgehead atoms. The molecule has 0 aliphatic heterocycles. The Kier molecular flexibility index (Phi) is 6.17. The minimum Gasteiger partial charge on any atom is -0.310 e. The van der Waals surface area contributed by atoms with Gasteiger partial charge in [0, 0.05) is 18.6 Å². The molecule has 1 atom stereocenters. The van der Waals surface area contributed by atoms with E-state index in [4.69, 9.17) is 0 Å². The molecular weight excluding hydrogens is 272 g/mol. The lowest BCUT2D eigenvalue weighted by Gasteiger charge is -2.24. The van der Waals surface area contributed by atoms with Gasteiger partial charge >= 0.3 is 0 Å². The molecule has 0 spiro atoms. The minimum atomic E-state index is -3.39. The van der Waals surface area contributed by atoms with Gasteiger partial charge in [0.15, 0.2) is 0 Å². The van der Waals surface area contributed by atoms with E-state index in [0.717, 1.165) is 12.1 Å². The highest BCUT2D eigenvalue weighted by Gasteiger charge is 2.25. The Bertz CT molecular complexity index is 509. The van der Waals surface area contributed by atoms with Gasteiger partial charge in [-0.1, -0.05) is 26.0 Å². The van der Waals surface area contributed by atoms with Gasteiger partial charge in [0.05, 0.1) is 4.90 Å². The first-order valence-electron chi connectivity index (χ1n) is 7.19. The average molecular weight is 298 g/mol. The third-order valence-electron chi connectivity index (χ3n) is 3.38. The maximum atomic E-state index is 12.5. The van der Waals surface area contributed by atoms with E-state index in [2.05, 4.69) is 19.2 Å². The van der Waals surface area contributed by atoms with Crippen molar-refractivity contribution in [1.82, 2.24) is 9.62 Å². The second kappa shape index (κ2) is 7.20. The van der Waals surface area contributed by atoms with Crippen LogP contribution in [-0.4, -0.2) is 31.9 Å². The van der Waals surface area contributed by atoms with Gasteiger partial charge in [-0.3, -0.25) is 0 Å². The molecule has 1 N–H and O–H groups in total. The molecular formula is C15H26N2O2S. The largest absolute Gasteiger partial charge is 0.310 e. The van der Waals surface area contributed by atoms with E-state index in [1.165, 1.54) is 4.31 Å². The van der Waals surface area contributed by atoms with E-state index in [1.807, 2.05) is 32.9 Å². The highest BCUT2D eigenvalue weighted by Crippen LogP contribution is 2.20. The zero-order valence-electron chi connectivity index (χ0n) is 13.1. The van der Waals surface area contributed by atoms with E-state index in [9.17, 15) is 8.42 Å². The summed E-state index contributed by atoms with van der Waals surface area (Å²) in [5.41, 5.74) is 1.10. The molecule has 1 unspecified atom stereocenters. The molecule has 0 saturated heterocycles. The molecule has 0 fully saturated rings. The Morgan fingerprint density at radius 3 is 2.05 bits per heavy atom. The molecule has 5 heteroatoms. The second-order valence-electron chi connectivity index (χ2n) is 5.15. The van der Waals surface area contributed by atoms with Crippen LogP contribution < -0.4 is 5.32 Å². The Hall–Kier alpha value is -0.910. The maximum absolute atomic E-state index is 12.5. The van der Waals surface area contributed by atoms with Crippen LogP contribution in [0.1, 0.15) is 46.2 Å². The fourth-order valence-electron chi connectivity index (χ4n) is 2.30. The van der Waals surface area contributed by atoms with Crippen molar-refractivity contribution < 1.29 is 8.42 Å². The molecule has 4 nitrogen and oxygen atoms in total. The summed E-state index contributed by atoms with van der Waals surface area (Å²) in [6.45, 7) is 11.1. The number of nitrogens with zero attached hydrogens (tertiary/aromatic N) is 1. The Morgan fingerprint density at radius 1 is 1.10 bits per heavy atom. The number of hydrogen-bond acceptors (Lipinski definition) is 3. The van der Waals surface area contributed by atoms with Gasteiger partial charge < -0.3 is 5.32 Å². The Morgan fingerprint density at radius 2 is 1.65 bits per heavy atom. The zero-order chi connectivity index (χ0) is 15.3. The second-order valence-corrected chi connectivity index (χ2v) is 7.04. The van der Waals surface area contributed by atoms with Crippen LogP contribution in [0, 0.1) is 0 Å². The van der Waals surface area contributed by atoms with Gasteiger partial charge in [-0.2, -0.15) is 4.31 Å². The van der Waals surface area contributed by atoms with Crippen LogP contribution in [0.3, 0.4) is 0 Å². The normalized spacial score (nSPS) is 13.9. The SMILES string of the molecule is CCNC(C)c1ccc(S(=O)(=O)N(CC)C(C)C)cc1. The summed E-state index contributed by atoms with van der Waals surface area (Å²) in [6.07, 6.45) is 0. The van der Waals surface area contributed by atoms with Crippen LogP contribution in [-0.2, 0) is 10.0 Å². The average Bonchev–Trinajstić information content (AvgIpc) is 2.39. The number of benzene rings is 1.